The molecule has 0 heterocycles. The summed E-state index contributed by atoms with van der Waals surface area (Å²) in [4.78, 5) is 13.5. The van der Waals surface area contributed by atoms with E-state index in [2.05, 4.69) is 32.3 Å². The smallest absolute Gasteiger partial charge is 0.334 e. The summed E-state index contributed by atoms with van der Waals surface area (Å²) in [5.41, 5.74) is 0.446. The van der Waals surface area contributed by atoms with Crippen LogP contribution in [0.4, 0.5) is 0 Å². The molecule has 0 aromatic carbocycles. The van der Waals surface area contributed by atoms with Crippen LogP contribution in [0.1, 0.15) is 41.0 Å². The molecule has 2 atom stereocenters. The van der Waals surface area contributed by atoms with Crippen molar-refractivity contribution in [3.8, 4) is 0 Å². The average Bonchev–Trinajstić information content (AvgIpc) is 2.18. The van der Waals surface area contributed by atoms with Gasteiger partial charge in [-0.15, -0.1) is 0 Å². The molecule has 2 unspecified atom stereocenters. The van der Waals surface area contributed by atoms with E-state index < -0.39 is 0 Å². The summed E-state index contributed by atoms with van der Waals surface area (Å²) in [6, 6.07) is 0.419. The number of carbonyl (C=O) groups excluding carboxylic acids is 1. The standard InChI is InChI=1S/C12H23NO2/c1-7-10(5)13(8-2)11(6)15-12(14)9(3)4/h10-11H,3,7-8H2,1-2,4-6H3. The van der Waals surface area contributed by atoms with Crippen LogP contribution in [-0.4, -0.2) is 29.7 Å². The molecule has 0 radical (unpaired) electrons. The Morgan fingerprint density at radius 3 is 2.27 bits per heavy atom. The minimum Gasteiger partial charge on any atom is -0.443 e. The molecule has 0 aromatic rings. The van der Waals surface area contributed by atoms with Gasteiger partial charge in [-0.25, -0.2) is 4.79 Å². The highest BCUT2D eigenvalue weighted by molar-refractivity contribution is 5.87. The van der Waals surface area contributed by atoms with Crippen molar-refractivity contribution in [3.63, 3.8) is 0 Å². The quantitative estimate of drug-likeness (QED) is 0.386. The summed E-state index contributed by atoms with van der Waals surface area (Å²) in [7, 11) is 0. The molecule has 0 N–H and O–H groups in total. The first kappa shape index (κ1) is 14.2. The second kappa shape index (κ2) is 6.62. The first-order valence-corrected chi connectivity index (χ1v) is 5.56. The molecule has 88 valence electrons. The van der Waals surface area contributed by atoms with E-state index in [9.17, 15) is 4.79 Å². The Bertz CT molecular complexity index is 226. The van der Waals surface area contributed by atoms with Crippen LogP contribution in [0.3, 0.4) is 0 Å². The lowest BCUT2D eigenvalue weighted by molar-refractivity contribution is -0.154. The van der Waals surface area contributed by atoms with Gasteiger partial charge >= 0.3 is 5.97 Å². The van der Waals surface area contributed by atoms with E-state index in [1.165, 1.54) is 0 Å². The number of hydrogen-bond acceptors (Lipinski definition) is 3. The molecule has 0 amide bonds. The maximum atomic E-state index is 11.3. The highest BCUT2D eigenvalue weighted by Crippen LogP contribution is 2.10. The van der Waals surface area contributed by atoms with E-state index in [0.29, 0.717) is 11.6 Å². The predicted molar refractivity (Wildman–Crippen MR) is 62.5 cm³/mol. The number of carbonyl (C=O) groups is 1. The third-order valence-corrected chi connectivity index (χ3v) is 2.62. The largest absolute Gasteiger partial charge is 0.443 e. The van der Waals surface area contributed by atoms with Gasteiger partial charge in [0.2, 0.25) is 0 Å². The van der Waals surface area contributed by atoms with Crippen molar-refractivity contribution in [2.75, 3.05) is 6.54 Å². The van der Waals surface area contributed by atoms with E-state index in [1.54, 1.807) is 6.92 Å². The predicted octanol–water partition coefficient (Wildman–Crippen LogP) is 2.57. The Kier molecular flexibility index (Phi) is 6.25. The fourth-order valence-corrected chi connectivity index (χ4v) is 1.48. The lowest BCUT2D eigenvalue weighted by Crippen LogP contribution is -2.42. The number of nitrogens with zero attached hydrogens (tertiary/aromatic N) is 1. The van der Waals surface area contributed by atoms with Crippen LogP contribution >= 0.6 is 0 Å². The Morgan fingerprint density at radius 1 is 1.40 bits per heavy atom. The highest BCUT2D eigenvalue weighted by atomic mass is 16.6. The molecule has 0 aliphatic heterocycles. The summed E-state index contributed by atoms with van der Waals surface area (Å²) in [5, 5.41) is 0. The average molecular weight is 213 g/mol. The van der Waals surface area contributed by atoms with Gasteiger partial charge in [0.05, 0.1) is 0 Å². The lowest BCUT2D eigenvalue weighted by Gasteiger charge is -2.32. The van der Waals surface area contributed by atoms with Gasteiger partial charge in [-0.1, -0.05) is 20.4 Å². The zero-order chi connectivity index (χ0) is 12.0. The summed E-state index contributed by atoms with van der Waals surface area (Å²) in [6.45, 7) is 14.3. The van der Waals surface area contributed by atoms with Crippen molar-refractivity contribution in [2.24, 2.45) is 0 Å². The molecule has 0 spiro atoms. The van der Waals surface area contributed by atoms with Crippen LogP contribution in [0, 0.1) is 0 Å². The molecule has 0 bridgehead atoms. The van der Waals surface area contributed by atoms with Crippen molar-refractivity contribution in [3.05, 3.63) is 12.2 Å². The molecule has 0 saturated carbocycles. The zero-order valence-corrected chi connectivity index (χ0v) is 10.5. The molecule has 0 aliphatic carbocycles. The van der Waals surface area contributed by atoms with Crippen molar-refractivity contribution >= 4 is 5.97 Å². The van der Waals surface area contributed by atoms with Crippen molar-refractivity contribution in [1.29, 1.82) is 0 Å². The Labute approximate surface area is 93.1 Å². The molecule has 3 heteroatoms. The molecular formula is C12H23NO2. The van der Waals surface area contributed by atoms with Gasteiger partial charge in [-0.3, -0.25) is 4.90 Å². The van der Waals surface area contributed by atoms with E-state index in [-0.39, 0.29) is 12.2 Å². The van der Waals surface area contributed by atoms with Crippen LogP contribution in [0.25, 0.3) is 0 Å². The number of rotatable bonds is 6. The van der Waals surface area contributed by atoms with Gasteiger partial charge in [0.1, 0.15) is 0 Å². The minimum absolute atomic E-state index is 0.186. The maximum Gasteiger partial charge on any atom is 0.334 e. The summed E-state index contributed by atoms with van der Waals surface area (Å²) >= 11 is 0. The van der Waals surface area contributed by atoms with Gasteiger partial charge in [-0.2, -0.15) is 0 Å². The topological polar surface area (TPSA) is 29.5 Å². The molecule has 15 heavy (non-hydrogen) atoms. The van der Waals surface area contributed by atoms with Crippen LogP contribution < -0.4 is 0 Å². The Morgan fingerprint density at radius 2 is 1.93 bits per heavy atom. The molecule has 0 saturated heterocycles. The molecule has 0 rings (SSSR count). The Balaban J connectivity index is 4.33. The molecule has 0 fully saturated rings. The summed E-state index contributed by atoms with van der Waals surface area (Å²) in [5.74, 6) is -0.316. The Hall–Kier alpha value is -0.830. The van der Waals surface area contributed by atoms with Gasteiger partial charge in [-0.05, 0) is 33.7 Å². The fourth-order valence-electron chi connectivity index (χ4n) is 1.48. The first-order chi connectivity index (χ1) is 6.93. The van der Waals surface area contributed by atoms with Crippen molar-refractivity contribution in [1.82, 2.24) is 4.90 Å². The van der Waals surface area contributed by atoms with Crippen LogP contribution in [0.15, 0.2) is 12.2 Å². The van der Waals surface area contributed by atoms with E-state index in [0.717, 1.165) is 13.0 Å². The fraction of sp³-hybridized carbons (Fsp3) is 0.750. The van der Waals surface area contributed by atoms with Crippen LogP contribution in [0.2, 0.25) is 0 Å². The molecule has 3 nitrogen and oxygen atoms in total. The summed E-state index contributed by atoms with van der Waals surface area (Å²) < 4.78 is 5.28. The number of ether oxygens (including phenoxy) is 1. The monoisotopic (exact) mass is 213 g/mol. The second-order valence-corrected chi connectivity index (χ2v) is 3.87. The minimum atomic E-state index is -0.316. The normalized spacial score (nSPS) is 14.8. The van der Waals surface area contributed by atoms with Gasteiger partial charge in [0.15, 0.2) is 6.23 Å². The third kappa shape index (κ3) is 4.47. The zero-order valence-electron chi connectivity index (χ0n) is 10.5. The third-order valence-electron chi connectivity index (χ3n) is 2.62. The highest BCUT2D eigenvalue weighted by Gasteiger charge is 2.20. The van der Waals surface area contributed by atoms with Gasteiger partial charge in [0.25, 0.3) is 0 Å². The van der Waals surface area contributed by atoms with Crippen LogP contribution in [0.5, 0.6) is 0 Å². The second-order valence-electron chi connectivity index (χ2n) is 3.87. The van der Waals surface area contributed by atoms with E-state index >= 15 is 0 Å². The molecule has 0 aromatic heterocycles. The van der Waals surface area contributed by atoms with Crippen LogP contribution in [-0.2, 0) is 9.53 Å². The lowest BCUT2D eigenvalue weighted by atomic mass is 10.2. The first-order valence-electron chi connectivity index (χ1n) is 5.56. The number of esters is 1. The van der Waals surface area contributed by atoms with Gasteiger partial charge in [0, 0.05) is 11.6 Å². The van der Waals surface area contributed by atoms with Crippen molar-refractivity contribution in [2.45, 2.75) is 53.3 Å². The van der Waals surface area contributed by atoms with Crippen molar-refractivity contribution < 1.29 is 9.53 Å². The molecular weight excluding hydrogens is 190 g/mol. The maximum absolute atomic E-state index is 11.3. The SMILES string of the molecule is C=C(C)C(=O)OC(C)N(CC)C(C)CC. The summed E-state index contributed by atoms with van der Waals surface area (Å²) in [6.07, 6.45) is 0.858. The van der Waals surface area contributed by atoms with E-state index in [1.807, 2.05) is 6.92 Å². The number of hydrogen-bond donors (Lipinski definition) is 0. The van der Waals surface area contributed by atoms with Gasteiger partial charge < -0.3 is 4.74 Å². The van der Waals surface area contributed by atoms with E-state index in [4.69, 9.17) is 4.74 Å². The molecule has 0 aliphatic rings.